The van der Waals surface area contributed by atoms with E-state index in [9.17, 15) is 0 Å². The van der Waals surface area contributed by atoms with Gasteiger partial charge >= 0.3 is 0 Å². The predicted octanol–water partition coefficient (Wildman–Crippen LogP) is 2.73. The standard InChI is InChI=1S/C6H9NO.C6H7N/c1-5-3-6(2)8-4-7-5;1-6-2-4-7-5-3-6/h3H,4H2,1-2H3;2-5H,1H3. The lowest BCUT2D eigenvalue weighted by Gasteiger charge is -2.07. The molecule has 0 N–H and O–H groups in total. The summed E-state index contributed by atoms with van der Waals surface area (Å²) in [5.41, 5.74) is 2.31. The van der Waals surface area contributed by atoms with Crippen molar-refractivity contribution in [2.75, 3.05) is 6.73 Å². The lowest BCUT2D eigenvalue weighted by Crippen LogP contribution is -2.00. The molecule has 0 fully saturated rings. The molecule has 1 aliphatic heterocycles. The summed E-state index contributed by atoms with van der Waals surface area (Å²) < 4.78 is 5.02. The Morgan fingerprint density at radius 1 is 1.13 bits per heavy atom. The van der Waals surface area contributed by atoms with Crippen LogP contribution in [-0.4, -0.2) is 17.4 Å². The average Bonchev–Trinajstić information content (AvgIpc) is 2.19. The number of rotatable bonds is 0. The van der Waals surface area contributed by atoms with Crippen molar-refractivity contribution in [3.63, 3.8) is 0 Å². The van der Waals surface area contributed by atoms with Gasteiger partial charge in [-0.25, -0.2) is 0 Å². The van der Waals surface area contributed by atoms with E-state index in [4.69, 9.17) is 4.74 Å². The van der Waals surface area contributed by atoms with Crippen LogP contribution in [0.5, 0.6) is 0 Å². The number of aromatic nitrogens is 1. The molecule has 15 heavy (non-hydrogen) atoms. The molecular weight excluding hydrogens is 188 g/mol. The minimum absolute atomic E-state index is 0.494. The summed E-state index contributed by atoms with van der Waals surface area (Å²) in [6.07, 6.45) is 5.49. The van der Waals surface area contributed by atoms with Crippen LogP contribution in [0.4, 0.5) is 0 Å². The SMILES string of the molecule is CC1=CC(C)=NCO1.Cc1ccncc1. The summed E-state index contributed by atoms with van der Waals surface area (Å²) in [6.45, 7) is 6.43. The van der Waals surface area contributed by atoms with Gasteiger partial charge in [0.15, 0.2) is 6.73 Å². The molecule has 2 heterocycles. The van der Waals surface area contributed by atoms with Crippen LogP contribution in [0.15, 0.2) is 41.4 Å². The molecule has 2 rings (SSSR count). The lowest BCUT2D eigenvalue weighted by atomic mass is 10.3. The fourth-order valence-electron chi connectivity index (χ4n) is 1.04. The van der Waals surface area contributed by atoms with Gasteiger partial charge < -0.3 is 4.74 Å². The van der Waals surface area contributed by atoms with Crippen LogP contribution in [0, 0.1) is 6.92 Å². The van der Waals surface area contributed by atoms with Crippen LogP contribution in [-0.2, 0) is 4.74 Å². The van der Waals surface area contributed by atoms with Crippen molar-refractivity contribution in [2.45, 2.75) is 20.8 Å². The van der Waals surface area contributed by atoms with E-state index in [1.807, 2.05) is 39.0 Å². The van der Waals surface area contributed by atoms with Gasteiger partial charge in [0.2, 0.25) is 0 Å². The van der Waals surface area contributed by atoms with Gasteiger partial charge in [0.25, 0.3) is 0 Å². The second kappa shape index (κ2) is 5.96. The molecule has 1 aromatic rings. The van der Waals surface area contributed by atoms with E-state index in [-0.39, 0.29) is 0 Å². The largest absolute Gasteiger partial charge is 0.476 e. The number of hydrogen-bond acceptors (Lipinski definition) is 3. The molecule has 1 aliphatic rings. The summed E-state index contributed by atoms with van der Waals surface area (Å²) in [7, 11) is 0. The molecule has 3 nitrogen and oxygen atoms in total. The molecule has 0 unspecified atom stereocenters. The van der Waals surface area contributed by atoms with Crippen molar-refractivity contribution < 1.29 is 4.74 Å². The van der Waals surface area contributed by atoms with Gasteiger partial charge in [0, 0.05) is 18.1 Å². The Morgan fingerprint density at radius 3 is 2.13 bits per heavy atom. The quantitative estimate of drug-likeness (QED) is 0.651. The molecule has 0 atom stereocenters. The third kappa shape index (κ3) is 4.96. The second-order valence-electron chi connectivity index (χ2n) is 3.35. The molecule has 0 saturated heterocycles. The summed E-state index contributed by atoms with van der Waals surface area (Å²) in [6, 6.07) is 3.94. The first-order chi connectivity index (χ1) is 7.18. The highest BCUT2D eigenvalue weighted by Crippen LogP contribution is 2.01. The number of nitrogens with zero attached hydrogens (tertiary/aromatic N) is 2. The minimum Gasteiger partial charge on any atom is -0.476 e. The molecule has 0 bridgehead atoms. The van der Waals surface area contributed by atoms with Crippen molar-refractivity contribution in [3.05, 3.63) is 41.9 Å². The zero-order valence-electron chi connectivity index (χ0n) is 9.40. The van der Waals surface area contributed by atoms with Gasteiger partial charge in [-0.05, 0) is 44.5 Å². The van der Waals surface area contributed by atoms with Crippen molar-refractivity contribution in [3.8, 4) is 0 Å². The van der Waals surface area contributed by atoms with E-state index in [1.54, 1.807) is 12.4 Å². The number of aliphatic imine (C=N–C) groups is 1. The predicted molar refractivity (Wildman–Crippen MR) is 61.8 cm³/mol. The van der Waals surface area contributed by atoms with Crippen LogP contribution in [0.3, 0.4) is 0 Å². The van der Waals surface area contributed by atoms with Crippen LogP contribution in [0.2, 0.25) is 0 Å². The molecule has 0 radical (unpaired) electrons. The molecule has 80 valence electrons. The zero-order chi connectivity index (χ0) is 11.1. The maximum absolute atomic E-state index is 5.02. The summed E-state index contributed by atoms with van der Waals surface area (Å²) in [4.78, 5) is 7.84. The molecular formula is C12H16N2O. The van der Waals surface area contributed by atoms with E-state index < -0.39 is 0 Å². The van der Waals surface area contributed by atoms with Crippen molar-refractivity contribution in [2.24, 2.45) is 4.99 Å². The first-order valence-corrected chi connectivity index (χ1v) is 4.87. The Hall–Kier alpha value is -1.64. The molecule has 0 amide bonds. The van der Waals surface area contributed by atoms with Gasteiger partial charge in [0.05, 0.1) is 5.76 Å². The fraction of sp³-hybridized carbons (Fsp3) is 0.333. The van der Waals surface area contributed by atoms with Crippen LogP contribution in [0.25, 0.3) is 0 Å². The van der Waals surface area contributed by atoms with E-state index in [0.29, 0.717) is 6.73 Å². The number of hydrogen-bond donors (Lipinski definition) is 0. The number of pyridine rings is 1. The topological polar surface area (TPSA) is 34.5 Å². The molecule has 3 heteroatoms. The summed E-state index contributed by atoms with van der Waals surface area (Å²) in [5, 5.41) is 0. The summed E-state index contributed by atoms with van der Waals surface area (Å²) in [5.74, 6) is 0.956. The Labute approximate surface area is 90.5 Å². The van der Waals surface area contributed by atoms with Crippen LogP contribution in [0.1, 0.15) is 19.4 Å². The molecule has 0 aromatic carbocycles. The third-order valence-corrected chi connectivity index (χ3v) is 1.87. The highest BCUT2D eigenvalue weighted by atomic mass is 16.5. The minimum atomic E-state index is 0.494. The smallest absolute Gasteiger partial charge is 0.178 e. The Balaban J connectivity index is 0.000000151. The maximum Gasteiger partial charge on any atom is 0.178 e. The highest BCUT2D eigenvalue weighted by Gasteiger charge is 1.95. The zero-order valence-corrected chi connectivity index (χ0v) is 9.40. The third-order valence-electron chi connectivity index (χ3n) is 1.87. The number of allylic oxidation sites excluding steroid dienone is 2. The lowest BCUT2D eigenvalue weighted by molar-refractivity contribution is 0.221. The average molecular weight is 204 g/mol. The molecule has 1 aromatic heterocycles. The van der Waals surface area contributed by atoms with Crippen LogP contribution < -0.4 is 0 Å². The first-order valence-electron chi connectivity index (χ1n) is 4.87. The fourth-order valence-corrected chi connectivity index (χ4v) is 1.04. The van der Waals surface area contributed by atoms with Crippen molar-refractivity contribution >= 4 is 5.71 Å². The van der Waals surface area contributed by atoms with Crippen molar-refractivity contribution in [1.29, 1.82) is 0 Å². The molecule has 0 saturated carbocycles. The van der Waals surface area contributed by atoms with Gasteiger partial charge in [0.1, 0.15) is 0 Å². The van der Waals surface area contributed by atoms with Crippen LogP contribution >= 0.6 is 0 Å². The highest BCUT2D eigenvalue weighted by molar-refractivity contribution is 5.93. The first kappa shape index (κ1) is 11.4. The van der Waals surface area contributed by atoms with Gasteiger partial charge in [-0.2, -0.15) is 0 Å². The van der Waals surface area contributed by atoms with Gasteiger partial charge in [-0.15, -0.1) is 0 Å². The number of aryl methyl sites for hydroxylation is 1. The van der Waals surface area contributed by atoms with E-state index in [0.717, 1.165) is 11.5 Å². The van der Waals surface area contributed by atoms with E-state index in [2.05, 4.69) is 9.98 Å². The van der Waals surface area contributed by atoms with Gasteiger partial charge in [-0.3, -0.25) is 9.98 Å². The monoisotopic (exact) mass is 204 g/mol. The van der Waals surface area contributed by atoms with E-state index >= 15 is 0 Å². The Morgan fingerprint density at radius 2 is 1.80 bits per heavy atom. The summed E-state index contributed by atoms with van der Waals surface area (Å²) >= 11 is 0. The molecule has 0 aliphatic carbocycles. The van der Waals surface area contributed by atoms with E-state index in [1.165, 1.54) is 5.56 Å². The normalized spacial score (nSPS) is 14.1. The second-order valence-corrected chi connectivity index (χ2v) is 3.35. The van der Waals surface area contributed by atoms with Gasteiger partial charge in [-0.1, -0.05) is 0 Å². The number of ether oxygens (including phenoxy) is 1. The molecule has 0 spiro atoms. The Kier molecular flexibility index (Phi) is 4.54. The Bertz CT molecular complexity index is 355. The van der Waals surface area contributed by atoms with Crippen molar-refractivity contribution in [1.82, 2.24) is 4.98 Å². The maximum atomic E-state index is 5.02.